The molecule has 0 radical (unpaired) electrons. The van der Waals surface area contributed by atoms with Crippen molar-refractivity contribution in [1.29, 1.82) is 0 Å². The van der Waals surface area contributed by atoms with Gasteiger partial charge in [0.15, 0.2) is 0 Å². The van der Waals surface area contributed by atoms with Crippen molar-refractivity contribution in [3.05, 3.63) is 29.8 Å². The maximum Gasteiger partial charge on any atom is 0.494 e. The Morgan fingerprint density at radius 2 is 1.50 bits per heavy atom. The number of hydrogen-bond donors (Lipinski definition) is 0. The van der Waals surface area contributed by atoms with Gasteiger partial charge in [-0.1, -0.05) is 24.3 Å². The van der Waals surface area contributed by atoms with E-state index in [1.54, 1.807) is 0 Å². The second-order valence-electron chi connectivity index (χ2n) is 8.83. The van der Waals surface area contributed by atoms with Crippen LogP contribution in [0.1, 0.15) is 58.9 Å². The van der Waals surface area contributed by atoms with Gasteiger partial charge in [-0.15, -0.1) is 0 Å². The van der Waals surface area contributed by atoms with Gasteiger partial charge in [-0.2, -0.15) is 0 Å². The van der Waals surface area contributed by atoms with E-state index in [0.717, 1.165) is 11.9 Å². The number of hydrogen-bond acceptors (Lipinski definition) is 2. The Labute approximate surface area is 143 Å². The molecule has 1 heterocycles. The Hall–Kier alpha value is -0.935. The first-order valence-electron chi connectivity index (χ1n) is 8.89. The first-order valence-corrected chi connectivity index (χ1v) is 8.89. The standard InChI is InChI=1S/C19H25BF2O2/c1-16(2)17(3,4)24-20(23-16)15-7-5-13(6-8-15)18-9-10-19(21,22)12-14(18)11-18/h5-8,14H,9-12H2,1-4H3. The van der Waals surface area contributed by atoms with Crippen LogP contribution < -0.4 is 5.46 Å². The quantitative estimate of drug-likeness (QED) is 0.760. The summed E-state index contributed by atoms with van der Waals surface area (Å²) in [5.74, 6) is -2.32. The van der Waals surface area contributed by atoms with Gasteiger partial charge < -0.3 is 9.31 Å². The first-order chi connectivity index (χ1) is 11.0. The first kappa shape index (κ1) is 16.5. The fourth-order valence-electron chi connectivity index (χ4n) is 4.27. The highest BCUT2D eigenvalue weighted by atomic mass is 19.3. The molecule has 3 fully saturated rings. The van der Waals surface area contributed by atoms with Gasteiger partial charge >= 0.3 is 7.12 Å². The van der Waals surface area contributed by atoms with Crippen LogP contribution in [0, 0.1) is 5.92 Å². The molecular formula is C19H25BF2O2. The third-order valence-electron chi connectivity index (χ3n) is 6.72. The van der Waals surface area contributed by atoms with E-state index < -0.39 is 5.92 Å². The highest BCUT2D eigenvalue weighted by molar-refractivity contribution is 6.62. The van der Waals surface area contributed by atoms with Crippen molar-refractivity contribution < 1.29 is 18.1 Å². The highest BCUT2D eigenvalue weighted by Crippen LogP contribution is 2.65. The Morgan fingerprint density at radius 3 is 2.04 bits per heavy atom. The van der Waals surface area contributed by atoms with E-state index in [0.29, 0.717) is 6.42 Å². The Balaban J connectivity index is 1.51. The predicted octanol–water partition coefficient (Wildman–Crippen LogP) is 4.06. The van der Waals surface area contributed by atoms with E-state index in [2.05, 4.69) is 12.1 Å². The normalized spacial score (nSPS) is 35.6. The van der Waals surface area contributed by atoms with E-state index in [1.807, 2.05) is 39.8 Å². The summed E-state index contributed by atoms with van der Waals surface area (Å²) in [4.78, 5) is 0. The van der Waals surface area contributed by atoms with Gasteiger partial charge in [-0.3, -0.25) is 0 Å². The average Bonchev–Trinajstić information content (AvgIpc) is 3.13. The largest absolute Gasteiger partial charge is 0.494 e. The molecule has 0 bridgehead atoms. The smallest absolute Gasteiger partial charge is 0.399 e. The maximum atomic E-state index is 13.5. The van der Waals surface area contributed by atoms with Crippen LogP contribution in [-0.4, -0.2) is 24.2 Å². The number of benzene rings is 1. The summed E-state index contributed by atoms with van der Waals surface area (Å²) in [5.41, 5.74) is 1.48. The molecule has 0 N–H and O–H groups in total. The van der Waals surface area contributed by atoms with Crippen LogP contribution in [0.3, 0.4) is 0 Å². The fraction of sp³-hybridized carbons (Fsp3) is 0.684. The minimum absolute atomic E-state index is 0.00383. The molecule has 1 aromatic rings. The van der Waals surface area contributed by atoms with Crippen LogP contribution in [0.25, 0.3) is 0 Å². The van der Waals surface area contributed by atoms with Gasteiger partial charge in [0.25, 0.3) is 0 Å². The summed E-state index contributed by atoms with van der Waals surface area (Å²) in [5, 5.41) is 0. The SMILES string of the molecule is CC1(C)OB(c2ccc(C34CCC(F)(F)CC3C4)cc2)OC1(C)C. The van der Waals surface area contributed by atoms with Crippen LogP contribution in [0.4, 0.5) is 8.78 Å². The number of fused-ring (bicyclic) bond motifs is 1. The fourth-order valence-corrected chi connectivity index (χ4v) is 4.27. The van der Waals surface area contributed by atoms with Gasteiger partial charge in [-0.25, -0.2) is 8.78 Å². The van der Waals surface area contributed by atoms with Crippen molar-refractivity contribution in [1.82, 2.24) is 0 Å². The molecular weight excluding hydrogens is 309 g/mol. The summed E-state index contributed by atoms with van der Waals surface area (Å²) >= 11 is 0. The molecule has 1 aromatic carbocycles. The molecule has 0 aromatic heterocycles. The van der Waals surface area contributed by atoms with E-state index in [4.69, 9.17) is 9.31 Å². The number of alkyl halides is 2. The van der Waals surface area contributed by atoms with Gasteiger partial charge in [0, 0.05) is 12.8 Å². The molecule has 0 spiro atoms. The third-order valence-corrected chi connectivity index (χ3v) is 6.72. The van der Waals surface area contributed by atoms with Crippen LogP contribution in [0.2, 0.25) is 0 Å². The zero-order chi connectivity index (χ0) is 17.4. The molecule has 2 atom stereocenters. The zero-order valence-corrected chi connectivity index (χ0v) is 14.9. The third kappa shape index (κ3) is 2.43. The Bertz CT molecular complexity index is 640. The van der Waals surface area contributed by atoms with E-state index in [-0.39, 0.29) is 42.5 Å². The van der Waals surface area contributed by atoms with Crippen LogP contribution in [0.5, 0.6) is 0 Å². The van der Waals surface area contributed by atoms with Gasteiger partial charge in [0.2, 0.25) is 5.92 Å². The van der Waals surface area contributed by atoms with Crippen LogP contribution in [0.15, 0.2) is 24.3 Å². The zero-order valence-electron chi connectivity index (χ0n) is 14.9. The summed E-state index contributed by atoms with van der Waals surface area (Å²) in [6, 6.07) is 8.25. The van der Waals surface area contributed by atoms with E-state index in [1.165, 1.54) is 5.56 Å². The molecule has 2 saturated carbocycles. The number of rotatable bonds is 2. The van der Waals surface area contributed by atoms with E-state index in [9.17, 15) is 8.78 Å². The topological polar surface area (TPSA) is 18.5 Å². The summed E-state index contributed by atoms with van der Waals surface area (Å²) in [6.45, 7) is 8.16. The highest BCUT2D eigenvalue weighted by Gasteiger charge is 2.61. The van der Waals surface area contributed by atoms with Crippen molar-refractivity contribution >= 4 is 12.6 Å². The molecule has 0 amide bonds. The molecule has 4 rings (SSSR count). The van der Waals surface area contributed by atoms with Crippen molar-refractivity contribution in [2.45, 2.75) is 75.9 Å². The molecule has 2 unspecified atom stereocenters. The van der Waals surface area contributed by atoms with Crippen molar-refractivity contribution in [3.8, 4) is 0 Å². The summed E-state index contributed by atoms with van der Waals surface area (Å²) < 4.78 is 39.3. The van der Waals surface area contributed by atoms with Crippen molar-refractivity contribution in [3.63, 3.8) is 0 Å². The average molecular weight is 334 g/mol. The molecule has 2 aliphatic carbocycles. The molecule has 130 valence electrons. The lowest BCUT2D eigenvalue weighted by molar-refractivity contribution is -0.0407. The maximum absolute atomic E-state index is 13.5. The molecule has 1 saturated heterocycles. The lowest BCUT2D eigenvalue weighted by Gasteiger charge is -2.32. The minimum Gasteiger partial charge on any atom is -0.399 e. The summed E-state index contributed by atoms with van der Waals surface area (Å²) in [7, 11) is -0.368. The van der Waals surface area contributed by atoms with Gasteiger partial charge in [-0.05, 0) is 62.9 Å². The van der Waals surface area contributed by atoms with Crippen LogP contribution in [-0.2, 0) is 14.7 Å². The second-order valence-corrected chi connectivity index (χ2v) is 8.83. The lowest BCUT2D eigenvalue weighted by atomic mass is 9.76. The summed E-state index contributed by atoms with van der Waals surface area (Å²) in [6.07, 6.45) is 1.56. The second kappa shape index (κ2) is 4.82. The van der Waals surface area contributed by atoms with Crippen molar-refractivity contribution in [2.24, 2.45) is 5.92 Å². The van der Waals surface area contributed by atoms with Gasteiger partial charge in [0.1, 0.15) is 0 Å². The predicted molar refractivity (Wildman–Crippen MR) is 90.7 cm³/mol. The molecule has 1 aliphatic heterocycles. The molecule has 2 nitrogen and oxygen atoms in total. The van der Waals surface area contributed by atoms with Crippen LogP contribution >= 0.6 is 0 Å². The lowest BCUT2D eigenvalue weighted by Crippen LogP contribution is -2.41. The molecule has 5 heteroatoms. The Morgan fingerprint density at radius 1 is 0.917 bits per heavy atom. The Kier molecular flexibility index (Phi) is 3.32. The van der Waals surface area contributed by atoms with Gasteiger partial charge in [0.05, 0.1) is 11.2 Å². The minimum atomic E-state index is -2.46. The monoisotopic (exact) mass is 334 g/mol. The number of halogens is 2. The van der Waals surface area contributed by atoms with E-state index >= 15 is 0 Å². The molecule has 3 aliphatic rings. The molecule has 24 heavy (non-hydrogen) atoms. The van der Waals surface area contributed by atoms with Crippen molar-refractivity contribution in [2.75, 3.05) is 0 Å².